The van der Waals surface area contributed by atoms with Crippen LogP contribution in [0.5, 0.6) is 0 Å². The van der Waals surface area contributed by atoms with E-state index < -0.39 is 0 Å². The van der Waals surface area contributed by atoms with Crippen LogP contribution in [0.3, 0.4) is 0 Å². The minimum absolute atomic E-state index is 0.521. The Labute approximate surface area is 76.0 Å². The van der Waals surface area contributed by atoms with Crippen molar-refractivity contribution in [2.75, 3.05) is 12.3 Å². The number of rotatable bonds is 4. The van der Waals surface area contributed by atoms with Gasteiger partial charge in [0.2, 0.25) is 0 Å². The van der Waals surface area contributed by atoms with Gasteiger partial charge in [-0.1, -0.05) is 23.9 Å². The van der Waals surface area contributed by atoms with Gasteiger partial charge >= 0.3 is 0 Å². The van der Waals surface area contributed by atoms with E-state index in [1.807, 2.05) is 6.92 Å². The second kappa shape index (κ2) is 4.33. The zero-order valence-corrected chi connectivity index (χ0v) is 7.86. The molecule has 0 saturated heterocycles. The van der Waals surface area contributed by atoms with Gasteiger partial charge < -0.3 is 10.2 Å². The second-order valence-corrected chi connectivity index (χ2v) is 3.42. The molecule has 0 unspecified atom stereocenters. The van der Waals surface area contributed by atoms with E-state index >= 15 is 0 Å². The van der Waals surface area contributed by atoms with Gasteiger partial charge in [-0.25, -0.2) is 4.98 Å². The van der Waals surface area contributed by atoms with Crippen LogP contribution in [0.4, 0.5) is 0 Å². The number of oxazole rings is 1. The van der Waals surface area contributed by atoms with Crippen LogP contribution in [-0.2, 0) is 0 Å². The summed E-state index contributed by atoms with van der Waals surface area (Å²) in [6.45, 7) is 6.19. The molecule has 3 nitrogen and oxygen atoms in total. The van der Waals surface area contributed by atoms with Crippen molar-refractivity contribution in [1.82, 2.24) is 4.98 Å². The summed E-state index contributed by atoms with van der Waals surface area (Å²) in [6, 6.07) is 0. The first-order valence-electron chi connectivity index (χ1n) is 3.64. The van der Waals surface area contributed by atoms with Crippen LogP contribution in [0.15, 0.2) is 28.1 Å². The number of nitrogens with two attached hydrogens (primary N) is 1. The highest BCUT2D eigenvalue weighted by atomic mass is 32.2. The molecule has 1 heterocycles. The van der Waals surface area contributed by atoms with Gasteiger partial charge in [0.05, 0.1) is 5.69 Å². The van der Waals surface area contributed by atoms with Gasteiger partial charge in [-0.15, -0.1) is 0 Å². The molecule has 0 aromatic carbocycles. The van der Waals surface area contributed by atoms with E-state index in [2.05, 4.69) is 11.6 Å². The summed E-state index contributed by atoms with van der Waals surface area (Å²) in [6.07, 6.45) is 1.63. The fourth-order valence-corrected chi connectivity index (χ4v) is 1.39. The summed E-state index contributed by atoms with van der Waals surface area (Å²) in [7, 11) is 0. The van der Waals surface area contributed by atoms with Gasteiger partial charge in [0.15, 0.2) is 0 Å². The van der Waals surface area contributed by atoms with E-state index in [9.17, 15) is 0 Å². The molecule has 12 heavy (non-hydrogen) atoms. The lowest BCUT2D eigenvalue weighted by Crippen LogP contribution is -2.03. The summed E-state index contributed by atoms with van der Waals surface area (Å²) in [5.74, 6) is 0.774. The van der Waals surface area contributed by atoms with E-state index in [0.29, 0.717) is 11.8 Å². The first kappa shape index (κ1) is 9.35. The van der Waals surface area contributed by atoms with E-state index in [1.54, 1.807) is 6.26 Å². The average molecular weight is 184 g/mol. The Kier molecular flexibility index (Phi) is 3.37. The fourth-order valence-electron chi connectivity index (χ4n) is 0.621. The van der Waals surface area contributed by atoms with Gasteiger partial charge in [-0.3, -0.25) is 0 Å². The molecule has 0 spiro atoms. The van der Waals surface area contributed by atoms with E-state index in [1.165, 1.54) is 11.8 Å². The van der Waals surface area contributed by atoms with Crippen molar-refractivity contribution in [2.24, 2.45) is 5.73 Å². The Bertz CT molecular complexity index is 270. The number of hydrogen-bond donors (Lipinski definition) is 1. The predicted octanol–water partition coefficient (Wildman–Crippen LogP) is 1.59. The van der Waals surface area contributed by atoms with Crippen molar-refractivity contribution in [2.45, 2.75) is 12.1 Å². The lowest BCUT2D eigenvalue weighted by molar-refractivity contribution is 0.454. The van der Waals surface area contributed by atoms with Crippen LogP contribution in [0.25, 0.3) is 0 Å². The van der Waals surface area contributed by atoms with Crippen molar-refractivity contribution >= 4 is 11.8 Å². The monoisotopic (exact) mass is 184 g/mol. The highest BCUT2D eigenvalue weighted by Gasteiger charge is 2.01. The molecular formula is C8H12N2OS. The van der Waals surface area contributed by atoms with Crippen molar-refractivity contribution < 1.29 is 4.42 Å². The van der Waals surface area contributed by atoms with Gasteiger partial charge in [0.25, 0.3) is 5.22 Å². The molecule has 4 heteroatoms. The number of aromatic nitrogens is 1. The van der Waals surface area contributed by atoms with Gasteiger partial charge in [-0.05, 0) is 6.92 Å². The summed E-state index contributed by atoms with van der Waals surface area (Å²) >= 11 is 1.52. The Morgan fingerprint density at radius 3 is 3.08 bits per heavy atom. The average Bonchev–Trinajstić information content (AvgIpc) is 2.47. The molecule has 0 fully saturated rings. The fraction of sp³-hybridized carbons (Fsp3) is 0.375. The molecule has 0 atom stereocenters. The third-order valence-electron chi connectivity index (χ3n) is 1.29. The van der Waals surface area contributed by atoms with Crippen LogP contribution in [0.1, 0.15) is 5.69 Å². The lowest BCUT2D eigenvalue weighted by Gasteiger charge is -1.97. The van der Waals surface area contributed by atoms with E-state index in [4.69, 9.17) is 10.2 Å². The number of aryl methyl sites for hydroxylation is 1. The van der Waals surface area contributed by atoms with Crippen molar-refractivity contribution in [3.63, 3.8) is 0 Å². The normalized spacial score (nSPS) is 10.2. The summed E-state index contributed by atoms with van der Waals surface area (Å²) in [4.78, 5) is 4.13. The maximum absolute atomic E-state index is 5.38. The number of thioether (sulfide) groups is 1. The largest absolute Gasteiger partial charge is 0.440 e. The minimum atomic E-state index is 0.521. The molecule has 1 rings (SSSR count). The van der Waals surface area contributed by atoms with Crippen LogP contribution >= 0.6 is 11.8 Å². The zero-order chi connectivity index (χ0) is 8.97. The number of nitrogens with zero attached hydrogens (tertiary/aromatic N) is 1. The van der Waals surface area contributed by atoms with Crippen LogP contribution < -0.4 is 5.73 Å². The van der Waals surface area contributed by atoms with Crippen LogP contribution in [-0.4, -0.2) is 17.3 Å². The second-order valence-electron chi connectivity index (χ2n) is 2.50. The maximum Gasteiger partial charge on any atom is 0.256 e. The smallest absolute Gasteiger partial charge is 0.256 e. The Hall–Kier alpha value is -0.740. The molecule has 66 valence electrons. The maximum atomic E-state index is 5.38. The Morgan fingerprint density at radius 2 is 2.58 bits per heavy atom. The number of hydrogen-bond acceptors (Lipinski definition) is 4. The van der Waals surface area contributed by atoms with Crippen LogP contribution in [0.2, 0.25) is 0 Å². The van der Waals surface area contributed by atoms with Gasteiger partial charge in [-0.2, -0.15) is 0 Å². The molecule has 0 amide bonds. The standard InChI is InChI=1S/C8H12N2OS/c1-6(3-9)5-12-8-10-7(2)4-11-8/h4H,1,3,5,9H2,2H3. The summed E-state index contributed by atoms with van der Waals surface area (Å²) in [5, 5.41) is 0.683. The van der Waals surface area contributed by atoms with Gasteiger partial charge in [0.1, 0.15) is 6.26 Å². The minimum Gasteiger partial charge on any atom is -0.440 e. The molecule has 0 saturated carbocycles. The SMILES string of the molecule is C=C(CN)CSc1nc(C)co1. The quantitative estimate of drug-likeness (QED) is 0.570. The Morgan fingerprint density at radius 1 is 1.83 bits per heavy atom. The predicted molar refractivity (Wildman–Crippen MR) is 50.2 cm³/mol. The zero-order valence-electron chi connectivity index (χ0n) is 7.04. The summed E-state index contributed by atoms with van der Waals surface area (Å²) < 4.78 is 5.13. The van der Waals surface area contributed by atoms with Crippen molar-refractivity contribution in [1.29, 1.82) is 0 Å². The first-order valence-corrected chi connectivity index (χ1v) is 4.62. The third-order valence-corrected chi connectivity index (χ3v) is 2.27. The molecule has 0 radical (unpaired) electrons. The Balaban J connectivity index is 2.38. The molecule has 0 aliphatic rings. The summed E-state index contributed by atoms with van der Waals surface area (Å²) in [5.41, 5.74) is 7.27. The molecule has 1 aromatic rings. The molecule has 2 N–H and O–H groups in total. The van der Waals surface area contributed by atoms with E-state index in [0.717, 1.165) is 17.0 Å². The first-order chi connectivity index (χ1) is 5.72. The third kappa shape index (κ3) is 2.71. The highest BCUT2D eigenvalue weighted by Crippen LogP contribution is 2.18. The van der Waals surface area contributed by atoms with Crippen LogP contribution in [0, 0.1) is 6.92 Å². The molecular weight excluding hydrogens is 172 g/mol. The molecule has 1 aromatic heterocycles. The molecule has 0 aliphatic carbocycles. The molecule has 0 bridgehead atoms. The van der Waals surface area contributed by atoms with E-state index in [-0.39, 0.29) is 0 Å². The van der Waals surface area contributed by atoms with Crippen molar-refractivity contribution in [3.05, 3.63) is 24.1 Å². The van der Waals surface area contributed by atoms with Crippen molar-refractivity contribution in [3.8, 4) is 0 Å². The van der Waals surface area contributed by atoms with Gasteiger partial charge in [0, 0.05) is 12.3 Å². The molecule has 0 aliphatic heterocycles. The highest BCUT2D eigenvalue weighted by molar-refractivity contribution is 7.99. The lowest BCUT2D eigenvalue weighted by atomic mass is 10.4. The topological polar surface area (TPSA) is 52.0 Å².